The summed E-state index contributed by atoms with van der Waals surface area (Å²) in [6.07, 6.45) is -0.877. The molecule has 0 aliphatic rings. The van der Waals surface area contributed by atoms with Crippen LogP contribution in [0, 0.1) is 0 Å². The summed E-state index contributed by atoms with van der Waals surface area (Å²) in [5.41, 5.74) is 1.67. The Hall–Kier alpha value is -2.35. The first-order valence-corrected chi connectivity index (χ1v) is 7.02. The first kappa shape index (κ1) is 17.0. The molecule has 1 aromatic carbocycles. The predicted molar refractivity (Wildman–Crippen MR) is 79.0 cm³/mol. The van der Waals surface area contributed by atoms with Crippen LogP contribution >= 0.6 is 0 Å². The van der Waals surface area contributed by atoms with E-state index >= 15 is 0 Å². The van der Waals surface area contributed by atoms with Gasteiger partial charge in [-0.05, 0) is 30.7 Å². The summed E-state index contributed by atoms with van der Waals surface area (Å²) in [6, 6.07) is 8.87. The van der Waals surface area contributed by atoms with Crippen molar-refractivity contribution in [3.63, 3.8) is 0 Å². The first-order valence-electron chi connectivity index (χ1n) is 7.02. The van der Waals surface area contributed by atoms with Crippen molar-refractivity contribution in [1.29, 1.82) is 0 Å². The molecular weight excluding hydrogens is 309 g/mol. The van der Waals surface area contributed by atoms with E-state index in [2.05, 4.69) is 15.7 Å². The number of halogens is 3. The Morgan fingerprint density at radius 1 is 1.35 bits per heavy atom. The fraction of sp³-hybridized carbons (Fsp3) is 0.333. The molecule has 1 amide bonds. The number of carbonyl (C=O) groups is 1. The Labute approximate surface area is 131 Å². The van der Waals surface area contributed by atoms with Gasteiger partial charge in [0.2, 0.25) is 5.91 Å². The molecule has 124 valence electrons. The quantitative estimate of drug-likeness (QED) is 0.856. The molecule has 0 spiro atoms. The highest BCUT2D eigenvalue weighted by molar-refractivity contribution is 5.78. The highest BCUT2D eigenvalue weighted by Crippen LogP contribution is 2.16. The number of nitrogens with one attached hydrogen (secondary N) is 2. The van der Waals surface area contributed by atoms with Crippen LogP contribution in [0.15, 0.2) is 42.7 Å². The van der Waals surface area contributed by atoms with Crippen LogP contribution in [-0.4, -0.2) is 35.0 Å². The van der Waals surface area contributed by atoms with Gasteiger partial charge in [0.15, 0.2) is 0 Å². The second kappa shape index (κ2) is 7.28. The summed E-state index contributed by atoms with van der Waals surface area (Å²) < 4.78 is 37.7. The summed E-state index contributed by atoms with van der Waals surface area (Å²) in [4.78, 5) is 11.7. The molecule has 0 aliphatic heterocycles. The minimum atomic E-state index is -4.33. The molecule has 8 heteroatoms. The number of alkyl halides is 3. The molecule has 0 aliphatic carbocycles. The smallest absolute Gasteiger partial charge is 0.348 e. The standard InChI is InChI=1S/C15H17F3N4O/c1-11(21-14(23)9-19-10-15(16,17)18)12-4-2-5-13(8-12)22-7-3-6-20-22/h2-8,11,19H,9-10H2,1H3,(H,21,23)/t11-/m1/s1. The number of carbonyl (C=O) groups excluding carboxylic acids is 1. The zero-order valence-corrected chi connectivity index (χ0v) is 12.5. The van der Waals surface area contributed by atoms with E-state index in [4.69, 9.17) is 0 Å². The third kappa shape index (κ3) is 5.41. The zero-order valence-electron chi connectivity index (χ0n) is 12.5. The van der Waals surface area contributed by atoms with Gasteiger partial charge in [-0.1, -0.05) is 12.1 Å². The second-order valence-electron chi connectivity index (χ2n) is 5.05. The lowest BCUT2D eigenvalue weighted by molar-refractivity contribution is -0.128. The van der Waals surface area contributed by atoms with Gasteiger partial charge in [0.1, 0.15) is 0 Å². The van der Waals surface area contributed by atoms with Crippen LogP contribution in [0.1, 0.15) is 18.5 Å². The highest BCUT2D eigenvalue weighted by atomic mass is 19.4. The average Bonchev–Trinajstić information content (AvgIpc) is 3.00. The van der Waals surface area contributed by atoms with Crippen molar-refractivity contribution in [3.05, 3.63) is 48.3 Å². The summed E-state index contributed by atoms with van der Waals surface area (Å²) in [5, 5.41) is 8.85. The Morgan fingerprint density at radius 3 is 2.78 bits per heavy atom. The number of aromatic nitrogens is 2. The van der Waals surface area contributed by atoms with Crippen molar-refractivity contribution >= 4 is 5.91 Å². The largest absolute Gasteiger partial charge is 0.401 e. The van der Waals surface area contributed by atoms with Crippen molar-refractivity contribution in [2.75, 3.05) is 13.1 Å². The van der Waals surface area contributed by atoms with E-state index in [0.717, 1.165) is 11.3 Å². The summed E-state index contributed by atoms with van der Waals surface area (Å²) in [5.74, 6) is -0.494. The molecule has 1 heterocycles. The lowest BCUT2D eigenvalue weighted by Crippen LogP contribution is -2.39. The number of hydrogen-bond acceptors (Lipinski definition) is 3. The van der Waals surface area contributed by atoms with E-state index in [1.807, 2.05) is 24.3 Å². The van der Waals surface area contributed by atoms with E-state index in [9.17, 15) is 18.0 Å². The van der Waals surface area contributed by atoms with Crippen LogP contribution in [-0.2, 0) is 4.79 Å². The van der Waals surface area contributed by atoms with Gasteiger partial charge >= 0.3 is 6.18 Å². The molecule has 0 unspecified atom stereocenters. The van der Waals surface area contributed by atoms with Gasteiger partial charge in [-0.2, -0.15) is 18.3 Å². The van der Waals surface area contributed by atoms with Crippen LogP contribution in [0.5, 0.6) is 0 Å². The van der Waals surface area contributed by atoms with Gasteiger partial charge in [-0.15, -0.1) is 0 Å². The highest BCUT2D eigenvalue weighted by Gasteiger charge is 2.26. The van der Waals surface area contributed by atoms with E-state index in [1.54, 1.807) is 30.1 Å². The SMILES string of the molecule is C[C@@H](NC(=O)CNCC(F)(F)F)c1cccc(-n2cccn2)c1. The van der Waals surface area contributed by atoms with Crippen LogP contribution < -0.4 is 10.6 Å². The molecule has 2 aromatic rings. The Kier molecular flexibility index (Phi) is 5.38. The minimum Gasteiger partial charge on any atom is -0.348 e. The lowest BCUT2D eigenvalue weighted by atomic mass is 10.1. The molecule has 0 bridgehead atoms. The molecule has 5 nitrogen and oxygen atoms in total. The second-order valence-corrected chi connectivity index (χ2v) is 5.05. The van der Waals surface area contributed by atoms with E-state index in [0.29, 0.717) is 0 Å². The van der Waals surface area contributed by atoms with E-state index in [-0.39, 0.29) is 12.6 Å². The van der Waals surface area contributed by atoms with Crippen molar-refractivity contribution in [3.8, 4) is 5.69 Å². The summed E-state index contributed by atoms with van der Waals surface area (Å²) in [7, 11) is 0. The molecule has 1 atom stereocenters. The fourth-order valence-corrected chi connectivity index (χ4v) is 2.05. The summed E-state index contributed by atoms with van der Waals surface area (Å²) >= 11 is 0. The topological polar surface area (TPSA) is 59.0 Å². The van der Waals surface area contributed by atoms with Crippen molar-refractivity contribution in [1.82, 2.24) is 20.4 Å². The van der Waals surface area contributed by atoms with Crippen LogP contribution in [0.4, 0.5) is 13.2 Å². The van der Waals surface area contributed by atoms with Crippen molar-refractivity contribution < 1.29 is 18.0 Å². The van der Waals surface area contributed by atoms with Gasteiger partial charge in [0, 0.05) is 12.4 Å². The Balaban J connectivity index is 1.92. The molecule has 0 saturated heterocycles. The normalized spacial score (nSPS) is 12.9. The van der Waals surface area contributed by atoms with Gasteiger partial charge in [0.25, 0.3) is 0 Å². The maximum atomic E-state index is 12.0. The Bertz CT molecular complexity index is 640. The molecule has 23 heavy (non-hydrogen) atoms. The number of hydrogen-bond donors (Lipinski definition) is 2. The molecule has 0 fully saturated rings. The van der Waals surface area contributed by atoms with Gasteiger partial charge in [-0.25, -0.2) is 4.68 Å². The minimum absolute atomic E-state index is 0.328. The maximum absolute atomic E-state index is 12.0. The molecule has 1 aromatic heterocycles. The van der Waals surface area contributed by atoms with E-state index in [1.165, 1.54) is 0 Å². The Morgan fingerprint density at radius 2 is 2.13 bits per heavy atom. The first-order chi connectivity index (χ1) is 10.8. The van der Waals surface area contributed by atoms with E-state index < -0.39 is 18.6 Å². The molecule has 0 saturated carbocycles. The predicted octanol–water partition coefficient (Wildman–Crippen LogP) is 2.20. The number of benzene rings is 1. The fourth-order valence-electron chi connectivity index (χ4n) is 2.05. The van der Waals surface area contributed by atoms with Gasteiger partial charge in [-0.3, -0.25) is 4.79 Å². The van der Waals surface area contributed by atoms with Crippen molar-refractivity contribution in [2.45, 2.75) is 19.1 Å². The molecular formula is C15H17F3N4O. The molecule has 2 N–H and O–H groups in total. The average molecular weight is 326 g/mol. The maximum Gasteiger partial charge on any atom is 0.401 e. The summed E-state index contributed by atoms with van der Waals surface area (Å²) in [6.45, 7) is 0.191. The monoisotopic (exact) mass is 326 g/mol. The number of amides is 1. The third-order valence-electron chi connectivity index (χ3n) is 3.13. The number of rotatable bonds is 6. The van der Waals surface area contributed by atoms with Crippen LogP contribution in [0.25, 0.3) is 5.69 Å². The van der Waals surface area contributed by atoms with Crippen molar-refractivity contribution in [2.24, 2.45) is 0 Å². The number of nitrogens with zero attached hydrogens (tertiary/aromatic N) is 2. The van der Waals surface area contributed by atoms with Gasteiger partial charge < -0.3 is 10.6 Å². The van der Waals surface area contributed by atoms with Gasteiger partial charge in [0.05, 0.1) is 24.8 Å². The van der Waals surface area contributed by atoms with Crippen LogP contribution in [0.3, 0.4) is 0 Å². The lowest BCUT2D eigenvalue weighted by Gasteiger charge is -2.16. The zero-order chi connectivity index (χ0) is 16.9. The third-order valence-corrected chi connectivity index (χ3v) is 3.13. The van der Waals surface area contributed by atoms with Crippen LogP contribution in [0.2, 0.25) is 0 Å². The molecule has 0 radical (unpaired) electrons. The molecule has 2 rings (SSSR count).